The molecule has 1 aliphatic heterocycles. The summed E-state index contributed by atoms with van der Waals surface area (Å²) in [7, 11) is 0. The lowest BCUT2D eigenvalue weighted by Gasteiger charge is -2.23. The summed E-state index contributed by atoms with van der Waals surface area (Å²) >= 11 is 0. The Morgan fingerprint density at radius 1 is 1.36 bits per heavy atom. The summed E-state index contributed by atoms with van der Waals surface area (Å²) in [6.45, 7) is 6.70. The van der Waals surface area contributed by atoms with Gasteiger partial charge in [0.05, 0.1) is 12.6 Å². The van der Waals surface area contributed by atoms with Crippen LogP contribution in [0.2, 0.25) is 0 Å². The number of anilines is 1. The van der Waals surface area contributed by atoms with Crippen molar-refractivity contribution in [3.05, 3.63) is 29.3 Å². The summed E-state index contributed by atoms with van der Waals surface area (Å²) in [6, 6.07) is 5.91. The average molecular weight is 304 g/mol. The third kappa shape index (κ3) is 4.56. The van der Waals surface area contributed by atoms with Crippen molar-refractivity contribution in [3.8, 4) is 0 Å². The third-order valence-electron chi connectivity index (χ3n) is 3.89. The SMILES string of the molecule is CC(=O)N(CC(=O)Nc1cc(C)ccc1C)CC1CCCO1. The van der Waals surface area contributed by atoms with Crippen LogP contribution in [0.1, 0.15) is 30.9 Å². The lowest BCUT2D eigenvalue weighted by atomic mass is 10.1. The molecule has 120 valence electrons. The van der Waals surface area contributed by atoms with Gasteiger partial charge >= 0.3 is 0 Å². The van der Waals surface area contributed by atoms with E-state index in [4.69, 9.17) is 4.74 Å². The number of carbonyl (C=O) groups is 2. The zero-order chi connectivity index (χ0) is 16.1. The van der Waals surface area contributed by atoms with Crippen molar-refractivity contribution in [2.75, 3.05) is 25.0 Å². The molecule has 5 nitrogen and oxygen atoms in total. The van der Waals surface area contributed by atoms with E-state index < -0.39 is 0 Å². The molecule has 2 amide bonds. The normalized spacial score (nSPS) is 17.3. The standard InChI is InChI=1S/C17H24N2O3/c1-12-6-7-13(2)16(9-12)18-17(21)11-19(14(3)20)10-15-5-4-8-22-15/h6-7,9,15H,4-5,8,10-11H2,1-3H3,(H,18,21). The van der Waals surface area contributed by atoms with E-state index in [-0.39, 0.29) is 24.5 Å². The second kappa shape index (κ2) is 7.40. The van der Waals surface area contributed by atoms with Crippen LogP contribution >= 0.6 is 0 Å². The highest BCUT2D eigenvalue weighted by molar-refractivity contribution is 5.94. The smallest absolute Gasteiger partial charge is 0.244 e. The predicted molar refractivity (Wildman–Crippen MR) is 85.8 cm³/mol. The first kappa shape index (κ1) is 16.5. The Bertz CT molecular complexity index is 551. The first-order valence-electron chi connectivity index (χ1n) is 7.70. The molecule has 1 unspecified atom stereocenters. The summed E-state index contributed by atoms with van der Waals surface area (Å²) < 4.78 is 5.54. The number of hydrogen-bond acceptors (Lipinski definition) is 3. The first-order chi connectivity index (χ1) is 10.5. The summed E-state index contributed by atoms with van der Waals surface area (Å²) in [5, 5.41) is 2.89. The summed E-state index contributed by atoms with van der Waals surface area (Å²) in [6.07, 6.45) is 2.02. The molecule has 0 aromatic heterocycles. The Hall–Kier alpha value is -1.88. The van der Waals surface area contributed by atoms with Gasteiger partial charge in [-0.25, -0.2) is 0 Å². The molecule has 5 heteroatoms. The molecule has 0 bridgehead atoms. The lowest BCUT2D eigenvalue weighted by Crippen LogP contribution is -2.41. The van der Waals surface area contributed by atoms with Crippen LogP contribution in [-0.2, 0) is 14.3 Å². The van der Waals surface area contributed by atoms with Crippen LogP contribution in [0.25, 0.3) is 0 Å². The third-order valence-corrected chi connectivity index (χ3v) is 3.89. The lowest BCUT2D eigenvalue weighted by molar-refractivity contribution is -0.134. The molecule has 1 heterocycles. The van der Waals surface area contributed by atoms with Crippen LogP contribution in [0.3, 0.4) is 0 Å². The fourth-order valence-corrected chi connectivity index (χ4v) is 2.57. The van der Waals surface area contributed by atoms with Crippen molar-refractivity contribution in [3.63, 3.8) is 0 Å². The summed E-state index contributed by atoms with van der Waals surface area (Å²) in [5.41, 5.74) is 2.89. The highest BCUT2D eigenvalue weighted by Crippen LogP contribution is 2.17. The van der Waals surface area contributed by atoms with Gasteiger partial charge in [-0.3, -0.25) is 9.59 Å². The molecule has 0 saturated carbocycles. The maximum atomic E-state index is 12.2. The topological polar surface area (TPSA) is 58.6 Å². The molecular weight excluding hydrogens is 280 g/mol. The van der Waals surface area contributed by atoms with Crippen molar-refractivity contribution in [1.82, 2.24) is 4.90 Å². The number of amides is 2. The minimum absolute atomic E-state index is 0.0532. The van der Waals surface area contributed by atoms with E-state index in [0.29, 0.717) is 6.54 Å². The van der Waals surface area contributed by atoms with Gasteiger partial charge in [0.15, 0.2) is 0 Å². The van der Waals surface area contributed by atoms with Gasteiger partial charge in [0.25, 0.3) is 0 Å². The van der Waals surface area contributed by atoms with E-state index in [1.165, 1.54) is 6.92 Å². The fourth-order valence-electron chi connectivity index (χ4n) is 2.57. The largest absolute Gasteiger partial charge is 0.376 e. The molecule has 1 N–H and O–H groups in total. The highest BCUT2D eigenvalue weighted by atomic mass is 16.5. The number of hydrogen-bond donors (Lipinski definition) is 1. The average Bonchev–Trinajstić information content (AvgIpc) is 2.95. The molecule has 2 rings (SSSR count). The highest BCUT2D eigenvalue weighted by Gasteiger charge is 2.22. The van der Waals surface area contributed by atoms with Gasteiger partial charge in [-0.2, -0.15) is 0 Å². The molecular formula is C17H24N2O3. The minimum Gasteiger partial charge on any atom is -0.376 e. The Balaban J connectivity index is 1.95. The Morgan fingerprint density at radius 3 is 2.77 bits per heavy atom. The molecule has 0 spiro atoms. The van der Waals surface area contributed by atoms with Crippen LogP contribution in [0, 0.1) is 13.8 Å². The van der Waals surface area contributed by atoms with Crippen LogP contribution in [0.15, 0.2) is 18.2 Å². The van der Waals surface area contributed by atoms with Crippen molar-refractivity contribution in [2.24, 2.45) is 0 Å². The zero-order valence-electron chi connectivity index (χ0n) is 13.5. The molecule has 1 aromatic rings. The van der Waals surface area contributed by atoms with Gasteiger partial charge in [0, 0.05) is 25.8 Å². The number of nitrogens with one attached hydrogen (secondary N) is 1. The molecule has 1 fully saturated rings. The Morgan fingerprint density at radius 2 is 2.14 bits per heavy atom. The quantitative estimate of drug-likeness (QED) is 0.908. The number of ether oxygens (including phenoxy) is 1. The summed E-state index contributed by atoms with van der Waals surface area (Å²) in [5.74, 6) is -0.284. The van der Waals surface area contributed by atoms with Gasteiger partial charge in [0.2, 0.25) is 11.8 Å². The van der Waals surface area contributed by atoms with Crippen LogP contribution in [0.4, 0.5) is 5.69 Å². The monoisotopic (exact) mass is 304 g/mol. The molecule has 22 heavy (non-hydrogen) atoms. The number of nitrogens with zero attached hydrogens (tertiary/aromatic N) is 1. The van der Waals surface area contributed by atoms with E-state index in [0.717, 1.165) is 36.3 Å². The maximum absolute atomic E-state index is 12.2. The molecule has 1 aromatic carbocycles. The van der Waals surface area contributed by atoms with Gasteiger partial charge in [-0.1, -0.05) is 12.1 Å². The van der Waals surface area contributed by atoms with Crippen LogP contribution in [0.5, 0.6) is 0 Å². The summed E-state index contributed by atoms with van der Waals surface area (Å²) in [4.78, 5) is 25.5. The van der Waals surface area contributed by atoms with Crippen molar-refractivity contribution in [2.45, 2.75) is 39.7 Å². The van der Waals surface area contributed by atoms with E-state index in [1.807, 2.05) is 32.0 Å². The minimum atomic E-state index is -0.179. The van der Waals surface area contributed by atoms with Crippen LogP contribution in [-0.4, -0.2) is 42.5 Å². The number of aryl methyl sites for hydroxylation is 2. The first-order valence-corrected chi connectivity index (χ1v) is 7.70. The van der Waals surface area contributed by atoms with E-state index in [1.54, 1.807) is 4.90 Å². The van der Waals surface area contributed by atoms with Crippen LogP contribution < -0.4 is 5.32 Å². The van der Waals surface area contributed by atoms with Crippen molar-refractivity contribution < 1.29 is 14.3 Å². The fraction of sp³-hybridized carbons (Fsp3) is 0.529. The van der Waals surface area contributed by atoms with Gasteiger partial charge in [-0.15, -0.1) is 0 Å². The molecule has 1 atom stereocenters. The van der Waals surface area contributed by atoms with E-state index >= 15 is 0 Å². The van der Waals surface area contributed by atoms with Gasteiger partial charge in [-0.05, 0) is 43.9 Å². The van der Waals surface area contributed by atoms with Gasteiger partial charge in [0.1, 0.15) is 0 Å². The molecule has 0 aliphatic carbocycles. The van der Waals surface area contributed by atoms with E-state index in [2.05, 4.69) is 5.32 Å². The molecule has 1 saturated heterocycles. The second-order valence-corrected chi connectivity index (χ2v) is 5.90. The Kier molecular flexibility index (Phi) is 5.55. The Labute approximate surface area is 131 Å². The molecule has 0 radical (unpaired) electrons. The van der Waals surface area contributed by atoms with Crippen molar-refractivity contribution in [1.29, 1.82) is 0 Å². The second-order valence-electron chi connectivity index (χ2n) is 5.90. The zero-order valence-corrected chi connectivity index (χ0v) is 13.5. The predicted octanol–water partition coefficient (Wildman–Crippen LogP) is 2.27. The number of rotatable bonds is 5. The molecule has 1 aliphatic rings. The number of carbonyl (C=O) groups excluding carboxylic acids is 2. The van der Waals surface area contributed by atoms with Crippen molar-refractivity contribution >= 4 is 17.5 Å². The maximum Gasteiger partial charge on any atom is 0.244 e. The number of benzene rings is 1. The van der Waals surface area contributed by atoms with E-state index in [9.17, 15) is 9.59 Å². The van der Waals surface area contributed by atoms with Gasteiger partial charge < -0.3 is 15.0 Å².